The molecule has 0 radical (unpaired) electrons. The van der Waals surface area contributed by atoms with E-state index in [2.05, 4.69) is 9.88 Å². The van der Waals surface area contributed by atoms with Crippen molar-refractivity contribution in [3.05, 3.63) is 46.2 Å². The minimum Gasteiger partial charge on any atom is -0.383 e. The maximum atomic E-state index is 12.2. The number of likely N-dealkylation sites (tertiary alicyclic amines) is 1. The molecular formula is C17H21N3O3. The van der Waals surface area contributed by atoms with E-state index in [4.69, 9.17) is 5.73 Å². The first-order valence-corrected chi connectivity index (χ1v) is 7.85. The van der Waals surface area contributed by atoms with Crippen LogP contribution in [0.25, 0.3) is 10.9 Å². The molecule has 0 spiro atoms. The number of fused-ring (bicyclic) bond motifs is 1. The summed E-state index contributed by atoms with van der Waals surface area (Å²) >= 11 is 0. The third-order valence-electron chi connectivity index (χ3n) is 4.59. The van der Waals surface area contributed by atoms with Crippen molar-refractivity contribution < 1.29 is 9.90 Å². The highest BCUT2D eigenvalue weighted by Gasteiger charge is 2.28. The van der Waals surface area contributed by atoms with Crippen LogP contribution < -0.4 is 11.3 Å². The molecule has 1 aliphatic rings. The number of aliphatic hydroxyl groups is 1. The van der Waals surface area contributed by atoms with Gasteiger partial charge in [-0.1, -0.05) is 18.2 Å². The minimum absolute atomic E-state index is 0.0667. The molecule has 6 nitrogen and oxygen atoms in total. The third-order valence-corrected chi connectivity index (χ3v) is 4.59. The van der Waals surface area contributed by atoms with Gasteiger partial charge in [0.2, 0.25) is 5.91 Å². The Labute approximate surface area is 133 Å². The number of H-pyrrole nitrogens is 1. The van der Waals surface area contributed by atoms with E-state index in [1.807, 2.05) is 30.3 Å². The number of pyridine rings is 1. The molecule has 1 aromatic carbocycles. The van der Waals surface area contributed by atoms with E-state index in [0.717, 1.165) is 29.6 Å². The first-order valence-electron chi connectivity index (χ1n) is 7.85. The summed E-state index contributed by atoms with van der Waals surface area (Å²) < 4.78 is 0. The number of hydrogen-bond donors (Lipinski definition) is 3. The number of carbonyl (C=O) groups is 1. The molecule has 1 amide bonds. The minimum atomic E-state index is -1.07. The van der Waals surface area contributed by atoms with E-state index in [-0.39, 0.29) is 11.5 Å². The molecule has 0 bridgehead atoms. The Hall–Kier alpha value is -2.18. The summed E-state index contributed by atoms with van der Waals surface area (Å²) in [5, 5.41) is 10.8. The molecule has 6 heteroatoms. The molecule has 4 N–H and O–H groups in total. The molecule has 1 aliphatic heterocycles. The molecular weight excluding hydrogens is 294 g/mol. The van der Waals surface area contributed by atoms with Gasteiger partial charge in [-0.25, -0.2) is 0 Å². The number of nitrogens with one attached hydrogen (secondary N) is 1. The van der Waals surface area contributed by atoms with Gasteiger partial charge < -0.3 is 15.8 Å². The number of benzene rings is 1. The molecule has 23 heavy (non-hydrogen) atoms. The van der Waals surface area contributed by atoms with Crippen LogP contribution in [0.3, 0.4) is 0 Å². The molecule has 2 heterocycles. The lowest BCUT2D eigenvalue weighted by Gasteiger charge is -2.33. The Morgan fingerprint density at radius 3 is 2.74 bits per heavy atom. The second-order valence-corrected chi connectivity index (χ2v) is 6.17. The molecule has 1 saturated heterocycles. The highest BCUT2D eigenvalue weighted by Crippen LogP contribution is 2.22. The molecule has 3 rings (SSSR count). The predicted octanol–water partition coefficient (Wildman–Crippen LogP) is 0.586. The fraction of sp³-hybridized carbons (Fsp3) is 0.412. The van der Waals surface area contributed by atoms with Crippen molar-refractivity contribution in [1.82, 2.24) is 9.88 Å². The predicted molar refractivity (Wildman–Crippen MR) is 87.8 cm³/mol. The number of nitrogens with two attached hydrogens (primary N) is 1. The van der Waals surface area contributed by atoms with E-state index in [0.29, 0.717) is 19.4 Å². The molecule has 0 aliphatic carbocycles. The van der Waals surface area contributed by atoms with E-state index >= 15 is 0 Å². The topological polar surface area (TPSA) is 99.4 Å². The van der Waals surface area contributed by atoms with Crippen molar-refractivity contribution in [2.75, 3.05) is 13.1 Å². The number of piperidine rings is 1. The Balaban J connectivity index is 1.68. The van der Waals surface area contributed by atoms with E-state index in [1.165, 1.54) is 0 Å². The van der Waals surface area contributed by atoms with Gasteiger partial charge in [-0.15, -0.1) is 0 Å². The molecule has 0 saturated carbocycles. The quantitative estimate of drug-likeness (QED) is 0.768. The number of hydrogen-bond acceptors (Lipinski definition) is 4. The number of aromatic nitrogens is 1. The van der Waals surface area contributed by atoms with Crippen LogP contribution in [-0.4, -0.2) is 40.1 Å². The highest BCUT2D eigenvalue weighted by molar-refractivity contribution is 5.79. The van der Waals surface area contributed by atoms with E-state index in [9.17, 15) is 14.7 Å². The largest absolute Gasteiger partial charge is 0.383 e. The first kappa shape index (κ1) is 15.7. The van der Waals surface area contributed by atoms with E-state index in [1.54, 1.807) is 0 Å². The van der Waals surface area contributed by atoms with Crippen LogP contribution in [0.4, 0.5) is 0 Å². The van der Waals surface area contributed by atoms with Gasteiger partial charge in [0.25, 0.3) is 5.56 Å². The Morgan fingerprint density at radius 1 is 1.35 bits per heavy atom. The Bertz CT molecular complexity index is 763. The average molecular weight is 315 g/mol. The number of amides is 1. The van der Waals surface area contributed by atoms with Crippen LogP contribution in [0.15, 0.2) is 35.1 Å². The number of primary amides is 1. The van der Waals surface area contributed by atoms with Crippen LogP contribution >= 0.6 is 0 Å². The molecule has 2 aromatic rings. The normalized spacial score (nSPS) is 18.1. The van der Waals surface area contributed by atoms with Crippen LogP contribution in [0.5, 0.6) is 0 Å². The molecule has 1 atom stereocenters. The maximum absolute atomic E-state index is 12.2. The lowest BCUT2D eigenvalue weighted by Crippen LogP contribution is -2.42. The Kier molecular flexibility index (Phi) is 4.45. The zero-order chi connectivity index (χ0) is 16.4. The van der Waals surface area contributed by atoms with Gasteiger partial charge in [0.1, 0.15) is 6.10 Å². The summed E-state index contributed by atoms with van der Waals surface area (Å²) in [4.78, 5) is 28.3. The van der Waals surface area contributed by atoms with E-state index < -0.39 is 12.0 Å². The third kappa shape index (κ3) is 3.43. The SMILES string of the molecule is NC(=O)[C@@H](O)C1CCN(Cc2cc3ccccc3[nH]c2=O)CC1. The lowest BCUT2D eigenvalue weighted by molar-refractivity contribution is -0.129. The second-order valence-electron chi connectivity index (χ2n) is 6.17. The number of aliphatic hydroxyl groups excluding tert-OH is 1. The van der Waals surface area contributed by atoms with Gasteiger partial charge in [-0.3, -0.25) is 14.5 Å². The van der Waals surface area contributed by atoms with Gasteiger partial charge in [0.05, 0.1) is 0 Å². The first-order chi connectivity index (χ1) is 11.0. The molecule has 0 unspecified atom stereocenters. The van der Waals surface area contributed by atoms with Crippen LogP contribution in [-0.2, 0) is 11.3 Å². The summed E-state index contributed by atoms with van der Waals surface area (Å²) in [5.74, 6) is -0.743. The van der Waals surface area contributed by atoms with Crippen molar-refractivity contribution in [3.8, 4) is 0 Å². The summed E-state index contributed by atoms with van der Waals surface area (Å²) in [6, 6.07) is 9.63. The fourth-order valence-corrected chi connectivity index (χ4v) is 3.21. The fourth-order valence-electron chi connectivity index (χ4n) is 3.21. The average Bonchev–Trinajstić information content (AvgIpc) is 2.55. The van der Waals surface area contributed by atoms with Crippen molar-refractivity contribution in [1.29, 1.82) is 0 Å². The number of para-hydroxylation sites is 1. The zero-order valence-corrected chi connectivity index (χ0v) is 12.9. The number of rotatable bonds is 4. The van der Waals surface area contributed by atoms with Crippen molar-refractivity contribution in [2.45, 2.75) is 25.5 Å². The summed E-state index contributed by atoms with van der Waals surface area (Å²) in [7, 11) is 0. The van der Waals surface area contributed by atoms with Crippen molar-refractivity contribution >= 4 is 16.8 Å². The van der Waals surface area contributed by atoms with Crippen LogP contribution in [0.2, 0.25) is 0 Å². The van der Waals surface area contributed by atoms with Gasteiger partial charge in [0, 0.05) is 17.6 Å². The summed E-state index contributed by atoms with van der Waals surface area (Å²) in [6.07, 6.45) is 0.340. The highest BCUT2D eigenvalue weighted by atomic mass is 16.3. The monoisotopic (exact) mass is 315 g/mol. The summed E-state index contributed by atoms with van der Waals surface area (Å²) in [6.45, 7) is 2.04. The lowest BCUT2D eigenvalue weighted by atomic mass is 9.90. The molecule has 122 valence electrons. The van der Waals surface area contributed by atoms with Crippen molar-refractivity contribution in [2.24, 2.45) is 11.7 Å². The second kappa shape index (κ2) is 6.52. The van der Waals surface area contributed by atoms with Gasteiger partial charge in [0.15, 0.2) is 0 Å². The van der Waals surface area contributed by atoms with Gasteiger partial charge in [-0.05, 0) is 49.4 Å². The van der Waals surface area contributed by atoms with Crippen LogP contribution in [0, 0.1) is 5.92 Å². The van der Waals surface area contributed by atoms with Gasteiger partial charge >= 0.3 is 0 Å². The molecule has 1 fully saturated rings. The molecule has 1 aromatic heterocycles. The maximum Gasteiger partial charge on any atom is 0.252 e. The van der Waals surface area contributed by atoms with Crippen LogP contribution in [0.1, 0.15) is 18.4 Å². The smallest absolute Gasteiger partial charge is 0.252 e. The number of nitrogens with zero attached hydrogens (tertiary/aromatic N) is 1. The number of aromatic amines is 1. The zero-order valence-electron chi connectivity index (χ0n) is 12.9. The number of carbonyl (C=O) groups excluding carboxylic acids is 1. The van der Waals surface area contributed by atoms with Crippen molar-refractivity contribution in [3.63, 3.8) is 0 Å². The standard InChI is InChI=1S/C17H21N3O3/c18-16(22)15(21)11-5-7-20(8-6-11)10-13-9-12-3-1-2-4-14(12)19-17(13)23/h1-4,9,11,15,21H,5-8,10H2,(H2,18,22)(H,19,23)/t15-/m0/s1. The summed E-state index contributed by atoms with van der Waals surface area (Å²) in [5.41, 5.74) is 6.65. The van der Waals surface area contributed by atoms with Gasteiger partial charge in [-0.2, -0.15) is 0 Å². The Morgan fingerprint density at radius 2 is 2.04 bits per heavy atom.